The van der Waals surface area contributed by atoms with Crippen LogP contribution in [0.15, 0.2) is 51.2 Å². The molecule has 3 N–H and O–H groups in total. The Hall–Kier alpha value is -2.90. The minimum atomic E-state index is -4.24. The van der Waals surface area contributed by atoms with Gasteiger partial charge in [0.1, 0.15) is 12.0 Å². The number of aromatic nitrogens is 2. The average Bonchev–Trinajstić information content (AvgIpc) is 3.25. The number of aryl methyl sites for hydroxylation is 1. The Morgan fingerprint density at radius 3 is 2.71 bits per heavy atom. The van der Waals surface area contributed by atoms with Gasteiger partial charge >= 0.3 is 13.5 Å². The zero-order valence-electron chi connectivity index (χ0n) is 21.0. The van der Waals surface area contributed by atoms with Crippen molar-refractivity contribution >= 4 is 24.7 Å². The summed E-state index contributed by atoms with van der Waals surface area (Å²) >= 11 is 0.924. The monoisotopic (exact) mass is 568 g/mol. The van der Waals surface area contributed by atoms with Gasteiger partial charge in [0.05, 0.1) is 30.9 Å². The molecule has 0 amide bonds. The van der Waals surface area contributed by atoms with Gasteiger partial charge in [-0.3, -0.25) is 28.2 Å². The summed E-state index contributed by atoms with van der Waals surface area (Å²) in [6.45, 7) is 4.16. The summed E-state index contributed by atoms with van der Waals surface area (Å²) in [4.78, 5) is 41.1. The van der Waals surface area contributed by atoms with E-state index >= 15 is 0 Å². The summed E-state index contributed by atoms with van der Waals surface area (Å²) in [5.41, 5.74) is 12.8. The Morgan fingerprint density at radius 1 is 1.34 bits per heavy atom. The first-order chi connectivity index (χ1) is 17.9. The molecule has 0 bridgehead atoms. The van der Waals surface area contributed by atoms with Gasteiger partial charge in [-0.1, -0.05) is 35.1 Å². The first kappa shape index (κ1) is 29.7. The van der Waals surface area contributed by atoms with E-state index in [1.807, 2.05) is 0 Å². The van der Waals surface area contributed by atoms with Gasteiger partial charge in [-0.15, -0.1) is 0 Å². The number of nitrogens with one attached hydrogen (secondary N) is 1. The van der Waals surface area contributed by atoms with E-state index in [2.05, 4.69) is 15.0 Å². The lowest BCUT2D eigenvalue weighted by Crippen LogP contribution is -2.39. The summed E-state index contributed by atoms with van der Waals surface area (Å²) in [6, 6.07) is 7.42. The number of thioether (sulfide) groups is 1. The Morgan fingerprint density at radius 2 is 2.05 bits per heavy atom. The zero-order valence-corrected chi connectivity index (χ0v) is 22.7. The van der Waals surface area contributed by atoms with Gasteiger partial charge in [0.15, 0.2) is 0 Å². The van der Waals surface area contributed by atoms with Gasteiger partial charge in [0, 0.05) is 28.8 Å². The topological polar surface area (TPSA) is 201 Å². The van der Waals surface area contributed by atoms with Crippen LogP contribution in [-0.2, 0) is 23.1 Å². The van der Waals surface area contributed by atoms with Crippen molar-refractivity contribution in [3.63, 3.8) is 0 Å². The molecule has 2 heterocycles. The highest BCUT2D eigenvalue weighted by Crippen LogP contribution is 2.50. The summed E-state index contributed by atoms with van der Waals surface area (Å²) < 4.78 is 37.1. The predicted octanol–water partition coefficient (Wildman–Crippen LogP) is 3.03. The van der Waals surface area contributed by atoms with Gasteiger partial charge in [-0.2, -0.15) is 0 Å². The molecule has 0 saturated carbocycles. The maximum absolute atomic E-state index is 13.5. The number of aromatic amines is 1. The quantitative estimate of drug-likeness (QED) is 0.126. The number of para-hydroxylation sites is 1. The average molecular weight is 569 g/mol. The van der Waals surface area contributed by atoms with E-state index in [1.165, 1.54) is 17.7 Å². The molecule has 0 radical (unpaired) electrons. The van der Waals surface area contributed by atoms with Crippen LogP contribution in [0.2, 0.25) is 0 Å². The molecule has 4 atom stereocenters. The normalized spacial score (nSPS) is 20.9. The minimum Gasteiger partial charge on any atom is -0.404 e. The third kappa shape index (κ3) is 8.05. The maximum Gasteiger partial charge on any atom is 0.530 e. The van der Waals surface area contributed by atoms with E-state index in [9.17, 15) is 18.9 Å². The van der Waals surface area contributed by atoms with Crippen molar-refractivity contribution in [2.24, 2.45) is 10.8 Å². The fraction of sp³-hybridized carbons (Fsp3) is 0.500. The SMILES string of the molecule is Cc1cn([C@H]2C[C@H](N=[N+]=[N-])[C@@H](COP(=O)(OCCSC(=O)C(C)(C)N)Oc3ccccc3)O2)c(=O)[nH]c1=O. The van der Waals surface area contributed by atoms with Crippen LogP contribution in [0.5, 0.6) is 5.75 Å². The molecule has 1 aromatic carbocycles. The fourth-order valence-electron chi connectivity index (χ4n) is 3.36. The molecule has 1 unspecified atom stereocenters. The molecule has 2 aromatic rings. The second-order valence-corrected chi connectivity index (χ2v) is 11.6. The number of ether oxygens (including phenoxy) is 1. The number of carbonyl (C=O) groups is 1. The molecule has 206 valence electrons. The molecule has 0 spiro atoms. The smallest absolute Gasteiger partial charge is 0.404 e. The van der Waals surface area contributed by atoms with Gasteiger partial charge < -0.3 is 15.0 Å². The minimum absolute atomic E-state index is 0.0990. The highest BCUT2D eigenvalue weighted by molar-refractivity contribution is 8.13. The Bertz CT molecular complexity index is 1340. The van der Waals surface area contributed by atoms with Crippen molar-refractivity contribution in [1.29, 1.82) is 0 Å². The third-order valence-electron chi connectivity index (χ3n) is 5.31. The number of nitrogens with zero attached hydrogens (tertiary/aromatic N) is 4. The van der Waals surface area contributed by atoms with Gasteiger partial charge in [-0.05, 0) is 38.4 Å². The second kappa shape index (κ2) is 12.8. The first-order valence-corrected chi connectivity index (χ1v) is 14.0. The van der Waals surface area contributed by atoms with Crippen molar-refractivity contribution in [2.75, 3.05) is 19.0 Å². The van der Waals surface area contributed by atoms with Gasteiger partial charge in [-0.25, -0.2) is 9.36 Å². The van der Waals surface area contributed by atoms with Crippen molar-refractivity contribution in [2.45, 2.75) is 51.1 Å². The largest absolute Gasteiger partial charge is 0.530 e. The summed E-state index contributed by atoms with van der Waals surface area (Å²) in [5.74, 6) is 0.359. The summed E-state index contributed by atoms with van der Waals surface area (Å²) in [6.07, 6.45) is -0.349. The molecule has 3 rings (SSSR count). The van der Waals surface area contributed by atoms with E-state index in [-0.39, 0.29) is 41.8 Å². The van der Waals surface area contributed by atoms with E-state index in [0.29, 0.717) is 0 Å². The molecule has 1 aliphatic rings. The number of azide groups is 1. The highest BCUT2D eigenvalue weighted by atomic mass is 32.2. The number of phosphoric acid groups is 1. The van der Waals surface area contributed by atoms with E-state index in [0.717, 1.165) is 11.8 Å². The number of hydrogen-bond donors (Lipinski definition) is 2. The van der Waals surface area contributed by atoms with E-state index < -0.39 is 43.0 Å². The van der Waals surface area contributed by atoms with Gasteiger partial charge in [0.2, 0.25) is 5.12 Å². The molecular weight excluding hydrogens is 539 g/mol. The lowest BCUT2D eigenvalue weighted by Gasteiger charge is -2.22. The Balaban J connectivity index is 1.72. The first-order valence-electron chi connectivity index (χ1n) is 11.5. The number of H-pyrrole nitrogens is 1. The van der Waals surface area contributed by atoms with Crippen LogP contribution < -0.4 is 21.5 Å². The number of carbonyl (C=O) groups excluding carboxylic acids is 1. The summed E-state index contributed by atoms with van der Waals surface area (Å²) in [5, 5.41) is 3.45. The number of hydrogen-bond acceptors (Lipinski definition) is 11. The van der Waals surface area contributed by atoms with Crippen LogP contribution in [-0.4, -0.2) is 51.3 Å². The Kier molecular flexibility index (Phi) is 9.96. The van der Waals surface area contributed by atoms with Crippen LogP contribution >= 0.6 is 19.6 Å². The number of nitrogens with two attached hydrogens (primary N) is 1. The van der Waals surface area contributed by atoms with Crippen LogP contribution in [0.25, 0.3) is 10.4 Å². The molecule has 38 heavy (non-hydrogen) atoms. The van der Waals surface area contributed by atoms with Crippen molar-refractivity contribution < 1.29 is 27.7 Å². The molecule has 1 saturated heterocycles. The van der Waals surface area contributed by atoms with E-state index in [4.69, 9.17) is 29.6 Å². The van der Waals surface area contributed by atoms with Gasteiger partial charge in [0.25, 0.3) is 5.56 Å². The summed E-state index contributed by atoms with van der Waals surface area (Å²) in [7, 11) is -4.24. The van der Waals surface area contributed by atoms with Crippen molar-refractivity contribution in [3.8, 4) is 5.75 Å². The molecular formula is C22H29N6O8PS. The highest BCUT2D eigenvalue weighted by Gasteiger charge is 2.39. The standard InChI is InChI=1S/C22H29N6O8PS/c1-14-12-28(21(31)25-19(14)29)18-11-16(26-27-24)17(35-18)13-34-37(32,36-15-7-5-4-6-8-15)33-9-10-38-20(30)22(2,3)23/h4-8,12,16-18H,9-11,13,23H2,1-3H3,(H,25,29,31)/t16-,17+,18+,37?/m0/s1. The molecule has 1 aromatic heterocycles. The number of phosphoric ester groups is 1. The zero-order chi connectivity index (χ0) is 27.9. The molecule has 16 heteroatoms. The lowest BCUT2D eigenvalue weighted by atomic mass is 10.1. The van der Waals surface area contributed by atoms with Crippen LogP contribution in [0.3, 0.4) is 0 Å². The predicted molar refractivity (Wildman–Crippen MR) is 140 cm³/mol. The van der Waals surface area contributed by atoms with E-state index in [1.54, 1.807) is 44.2 Å². The van der Waals surface area contributed by atoms with Crippen LogP contribution in [0.1, 0.15) is 32.1 Å². The second-order valence-electron chi connectivity index (χ2n) is 8.95. The van der Waals surface area contributed by atoms with Crippen LogP contribution in [0, 0.1) is 6.92 Å². The third-order valence-corrected chi connectivity index (χ3v) is 7.87. The molecule has 0 aliphatic carbocycles. The molecule has 1 aliphatic heterocycles. The fourth-order valence-corrected chi connectivity index (χ4v) is 5.41. The van der Waals surface area contributed by atoms with Crippen molar-refractivity contribution in [3.05, 3.63) is 73.4 Å². The maximum atomic E-state index is 13.5. The van der Waals surface area contributed by atoms with Crippen LogP contribution in [0.4, 0.5) is 0 Å². The number of benzene rings is 1. The van der Waals surface area contributed by atoms with Crippen molar-refractivity contribution in [1.82, 2.24) is 9.55 Å². The molecule has 14 nitrogen and oxygen atoms in total. The number of rotatable bonds is 12. The Labute approximate surface area is 222 Å². The lowest BCUT2D eigenvalue weighted by molar-refractivity contribution is -0.114. The molecule has 1 fully saturated rings.